The van der Waals surface area contributed by atoms with Gasteiger partial charge >= 0.3 is 0 Å². The zero-order valence-electron chi connectivity index (χ0n) is 11.6. The van der Waals surface area contributed by atoms with Crippen molar-refractivity contribution in [2.45, 2.75) is 32.6 Å². The van der Waals surface area contributed by atoms with E-state index in [0.717, 1.165) is 49.3 Å². The Kier molecular flexibility index (Phi) is 5.79. The molecule has 4 heteroatoms. The van der Waals surface area contributed by atoms with E-state index in [1.54, 1.807) is 0 Å². The minimum absolute atomic E-state index is 0.217. The van der Waals surface area contributed by atoms with Crippen molar-refractivity contribution < 1.29 is 4.74 Å². The van der Waals surface area contributed by atoms with Crippen LogP contribution in [-0.2, 0) is 11.2 Å². The minimum atomic E-state index is 0.217. The highest BCUT2D eigenvalue weighted by molar-refractivity contribution is 9.10. The van der Waals surface area contributed by atoms with E-state index in [-0.39, 0.29) is 5.41 Å². The molecule has 3 nitrogen and oxygen atoms in total. The number of rotatable bonds is 6. The number of ether oxygens (including phenoxy) is 1. The van der Waals surface area contributed by atoms with E-state index in [1.165, 1.54) is 12.8 Å². The molecule has 1 aliphatic heterocycles. The van der Waals surface area contributed by atoms with Gasteiger partial charge in [-0.2, -0.15) is 0 Å². The molecule has 19 heavy (non-hydrogen) atoms. The van der Waals surface area contributed by atoms with Gasteiger partial charge in [-0.1, -0.05) is 6.92 Å². The van der Waals surface area contributed by atoms with Crippen LogP contribution >= 0.6 is 15.9 Å². The van der Waals surface area contributed by atoms with Crippen molar-refractivity contribution in [1.29, 1.82) is 0 Å². The molecule has 0 amide bonds. The van der Waals surface area contributed by atoms with Gasteiger partial charge in [0, 0.05) is 34.9 Å². The number of aromatic nitrogens is 1. The highest BCUT2D eigenvalue weighted by Gasteiger charge is 2.33. The first-order valence-corrected chi connectivity index (χ1v) is 7.92. The minimum Gasteiger partial charge on any atom is -0.381 e. The molecule has 0 aliphatic carbocycles. The fourth-order valence-electron chi connectivity index (χ4n) is 2.68. The quantitative estimate of drug-likeness (QED) is 0.815. The van der Waals surface area contributed by atoms with Crippen LogP contribution in [-0.4, -0.2) is 31.3 Å². The summed E-state index contributed by atoms with van der Waals surface area (Å²) in [6.07, 6.45) is 6.43. The van der Waals surface area contributed by atoms with Crippen molar-refractivity contribution in [3.8, 4) is 0 Å². The van der Waals surface area contributed by atoms with Gasteiger partial charge in [0.25, 0.3) is 0 Å². The normalized spacial score (nSPS) is 23.5. The molecule has 1 saturated heterocycles. The third-order valence-corrected chi connectivity index (χ3v) is 4.14. The average Bonchev–Trinajstić information content (AvgIpc) is 2.43. The Morgan fingerprint density at radius 1 is 1.47 bits per heavy atom. The third kappa shape index (κ3) is 4.55. The summed E-state index contributed by atoms with van der Waals surface area (Å²) in [5.74, 6) is 0. The Bertz CT molecular complexity index is 374. The first-order valence-electron chi connectivity index (χ1n) is 7.13. The van der Waals surface area contributed by atoms with Crippen molar-refractivity contribution in [2.75, 3.05) is 26.3 Å². The number of hydrogen-bond donors (Lipinski definition) is 1. The van der Waals surface area contributed by atoms with Gasteiger partial charge in [0.05, 0.1) is 6.61 Å². The molecular formula is C15H23BrN2O. The largest absolute Gasteiger partial charge is 0.381 e. The predicted octanol–water partition coefficient (Wildman–Crippen LogP) is 3.18. The molecule has 0 aromatic carbocycles. The molecule has 1 aromatic rings. The summed E-state index contributed by atoms with van der Waals surface area (Å²) in [7, 11) is 0. The SMILES string of the molecule is CCCNCC1(Cc2ccc(Br)cn2)CCCOC1. The van der Waals surface area contributed by atoms with E-state index < -0.39 is 0 Å². The highest BCUT2D eigenvalue weighted by atomic mass is 79.9. The molecule has 1 atom stereocenters. The molecule has 2 heterocycles. The van der Waals surface area contributed by atoms with Gasteiger partial charge in [-0.3, -0.25) is 4.98 Å². The van der Waals surface area contributed by atoms with Gasteiger partial charge in [0.2, 0.25) is 0 Å². The fraction of sp³-hybridized carbons (Fsp3) is 0.667. The molecule has 1 aliphatic rings. The van der Waals surface area contributed by atoms with E-state index in [1.807, 2.05) is 6.20 Å². The fourth-order valence-corrected chi connectivity index (χ4v) is 2.91. The number of pyridine rings is 1. The lowest BCUT2D eigenvalue weighted by atomic mass is 9.78. The maximum Gasteiger partial charge on any atom is 0.0538 e. The van der Waals surface area contributed by atoms with Crippen molar-refractivity contribution in [3.05, 3.63) is 28.5 Å². The summed E-state index contributed by atoms with van der Waals surface area (Å²) in [6.45, 7) is 6.06. The van der Waals surface area contributed by atoms with E-state index >= 15 is 0 Å². The van der Waals surface area contributed by atoms with Gasteiger partial charge < -0.3 is 10.1 Å². The average molecular weight is 327 g/mol. The van der Waals surface area contributed by atoms with Crippen molar-refractivity contribution in [1.82, 2.24) is 10.3 Å². The van der Waals surface area contributed by atoms with Crippen LogP contribution in [0.25, 0.3) is 0 Å². The second kappa shape index (κ2) is 7.36. The molecule has 1 aromatic heterocycles. The summed E-state index contributed by atoms with van der Waals surface area (Å²) in [6, 6.07) is 4.18. The third-order valence-electron chi connectivity index (χ3n) is 3.68. The highest BCUT2D eigenvalue weighted by Crippen LogP contribution is 2.31. The smallest absolute Gasteiger partial charge is 0.0538 e. The summed E-state index contributed by atoms with van der Waals surface area (Å²) in [5.41, 5.74) is 1.38. The van der Waals surface area contributed by atoms with Crippen molar-refractivity contribution in [2.24, 2.45) is 5.41 Å². The maximum atomic E-state index is 5.74. The van der Waals surface area contributed by atoms with Gasteiger partial charge in [-0.05, 0) is 60.3 Å². The van der Waals surface area contributed by atoms with Crippen LogP contribution in [0.2, 0.25) is 0 Å². The van der Waals surface area contributed by atoms with Crippen molar-refractivity contribution in [3.63, 3.8) is 0 Å². The standard InChI is InChI=1S/C15H23BrN2O/c1-2-7-17-11-15(6-3-8-19-12-15)9-14-5-4-13(16)10-18-14/h4-5,10,17H,2-3,6-9,11-12H2,1H3. The zero-order valence-corrected chi connectivity index (χ0v) is 13.2. The molecule has 0 saturated carbocycles. The molecule has 0 spiro atoms. The Balaban J connectivity index is 2.01. The predicted molar refractivity (Wildman–Crippen MR) is 81.3 cm³/mol. The zero-order chi connectivity index (χ0) is 13.6. The summed E-state index contributed by atoms with van der Waals surface area (Å²) in [4.78, 5) is 4.52. The number of hydrogen-bond acceptors (Lipinski definition) is 3. The first kappa shape index (κ1) is 14.9. The molecule has 106 valence electrons. The molecule has 1 unspecified atom stereocenters. The van der Waals surface area contributed by atoms with Crippen LogP contribution in [0.5, 0.6) is 0 Å². The molecule has 1 fully saturated rings. The maximum absolute atomic E-state index is 5.74. The molecule has 0 bridgehead atoms. The number of nitrogens with one attached hydrogen (secondary N) is 1. The van der Waals surface area contributed by atoms with E-state index in [9.17, 15) is 0 Å². The van der Waals surface area contributed by atoms with Crippen LogP contribution in [0.1, 0.15) is 31.9 Å². The van der Waals surface area contributed by atoms with Gasteiger partial charge in [0.15, 0.2) is 0 Å². The van der Waals surface area contributed by atoms with Gasteiger partial charge in [-0.25, -0.2) is 0 Å². The number of halogens is 1. The number of nitrogens with zero attached hydrogens (tertiary/aromatic N) is 1. The molecule has 0 radical (unpaired) electrons. The topological polar surface area (TPSA) is 34.2 Å². The van der Waals surface area contributed by atoms with Crippen molar-refractivity contribution >= 4 is 15.9 Å². The molecular weight excluding hydrogens is 304 g/mol. The van der Waals surface area contributed by atoms with Crippen LogP contribution in [0.3, 0.4) is 0 Å². The molecule has 2 rings (SSSR count). The van der Waals surface area contributed by atoms with E-state index in [0.29, 0.717) is 0 Å². The Morgan fingerprint density at radius 2 is 2.37 bits per heavy atom. The van der Waals surface area contributed by atoms with Gasteiger partial charge in [0.1, 0.15) is 0 Å². The van der Waals surface area contributed by atoms with E-state index in [4.69, 9.17) is 4.74 Å². The Labute approximate surface area is 124 Å². The lowest BCUT2D eigenvalue weighted by molar-refractivity contribution is -0.00755. The Morgan fingerprint density at radius 3 is 3.00 bits per heavy atom. The monoisotopic (exact) mass is 326 g/mol. The van der Waals surface area contributed by atoms with Gasteiger partial charge in [-0.15, -0.1) is 0 Å². The molecule has 1 N–H and O–H groups in total. The van der Waals surface area contributed by atoms with E-state index in [2.05, 4.69) is 45.3 Å². The van der Waals surface area contributed by atoms with Crippen LogP contribution < -0.4 is 5.32 Å². The second-order valence-corrected chi connectivity index (χ2v) is 6.39. The summed E-state index contributed by atoms with van der Waals surface area (Å²) >= 11 is 3.44. The van der Waals surface area contributed by atoms with Crippen LogP contribution in [0, 0.1) is 5.41 Å². The second-order valence-electron chi connectivity index (χ2n) is 5.48. The lowest BCUT2D eigenvalue weighted by Crippen LogP contribution is -2.43. The van der Waals surface area contributed by atoms with Crippen LogP contribution in [0.15, 0.2) is 22.8 Å². The summed E-state index contributed by atoms with van der Waals surface area (Å²) in [5, 5.41) is 3.56. The Hall–Kier alpha value is -0.450. The lowest BCUT2D eigenvalue weighted by Gasteiger charge is -2.37. The summed E-state index contributed by atoms with van der Waals surface area (Å²) < 4.78 is 6.77. The first-order chi connectivity index (χ1) is 9.24. The van der Waals surface area contributed by atoms with Crippen LogP contribution in [0.4, 0.5) is 0 Å².